The van der Waals surface area contributed by atoms with Crippen LogP contribution in [0.3, 0.4) is 0 Å². The standard InChI is InChI=1S/C16H18N2OS/c1-12(8-15(19)16-6-3-7-20-16)18-11-14-5-2-4-13(9-14)10-17/h2-7,9,12,15,18-19H,8,11H2,1H3. The van der Waals surface area contributed by atoms with Crippen LogP contribution in [0.25, 0.3) is 0 Å². The topological polar surface area (TPSA) is 56.0 Å². The molecule has 4 heteroatoms. The Balaban J connectivity index is 1.83. The summed E-state index contributed by atoms with van der Waals surface area (Å²) in [6, 6.07) is 13.8. The zero-order valence-electron chi connectivity index (χ0n) is 11.4. The zero-order chi connectivity index (χ0) is 14.4. The van der Waals surface area contributed by atoms with Gasteiger partial charge in [-0.2, -0.15) is 5.26 Å². The van der Waals surface area contributed by atoms with E-state index in [1.165, 1.54) is 0 Å². The van der Waals surface area contributed by atoms with Crippen molar-refractivity contribution in [2.75, 3.05) is 0 Å². The molecule has 2 N–H and O–H groups in total. The van der Waals surface area contributed by atoms with Crippen LogP contribution in [0.2, 0.25) is 0 Å². The number of nitrogens with zero attached hydrogens (tertiary/aromatic N) is 1. The number of thiophene rings is 1. The number of hydrogen-bond acceptors (Lipinski definition) is 4. The molecule has 0 aliphatic carbocycles. The summed E-state index contributed by atoms with van der Waals surface area (Å²) in [7, 11) is 0. The monoisotopic (exact) mass is 286 g/mol. The lowest BCUT2D eigenvalue weighted by Gasteiger charge is -2.17. The van der Waals surface area contributed by atoms with Crippen LogP contribution in [0.1, 0.15) is 35.5 Å². The fraction of sp³-hybridized carbons (Fsp3) is 0.312. The highest BCUT2D eigenvalue weighted by Gasteiger charge is 2.12. The molecule has 104 valence electrons. The number of nitrogens with one attached hydrogen (secondary N) is 1. The third-order valence-corrected chi connectivity index (χ3v) is 4.13. The molecule has 0 fully saturated rings. The van der Waals surface area contributed by atoms with Crippen LogP contribution in [0, 0.1) is 11.3 Å². The van der Waals surface area contributed by atoms with Gasteiger partial charge in [-0.25, -0.2) is 0 Å². The van der Waals surface area contributed by atoms with Gasteiger partial charge in [0.15, 0.2) is 0 Å². The van der Waals surface area contributed by atoms with Gasteiger partial charge in [0.2, 0.25) is 0 Å². The predicted molar refractivity (Wildman–Crippen MR) is 81.4 cm³/mol. The largest absolute Gasteiger partial charge is 0.388 e. The van der Waals surface area contributed by atoms with Crippen molar-refractivity contribution in [1.29, 1.82) is 5.26 Å². The maximum atomic E-state index is 10.1. The fourth-order valence-corrected chi connectivity index (χ4v) is 2.78. The Morgan fingerprint density at radius 1 is 1.35 bits per heavy atom. The van der Waals surface area contributed by atoms with Crippen molar-refractivity contribution in [3.05, 3.63) is 57.8 Å². The molecule has 3 nitrogen and oxygen atoms in total. The third kappa shape index (κ3) is 4.17. The molecule has 0 radical (unpaired) electrons. The molecule has 0 spiro atoms. The van der Waals surface area contributed by atoms with E-state index < -0.39 is 6.10 Å². The third-order valence-electron chi connectivity index (χ3n) is 3.16. The summed E-state index contributed by atoms with van der Waals surface area (Å²) in [4.78, 5) is 1.00. The molecule has 1 heterocycles. The van der Waals surface area contributed by atoms with Crippen molar-refractivity contribution in [2.45, 2.75) is 32.0 Å². The minimum atomic E-state index is -0.414. The van der Waals surface area contributed by atoms with Gasteiger partial charge in [0.05, 0.1) is 17.7 Å². The van der Waals surface area contributed by atoms with Gasteiger partial charge >= 0.3 is 0 Å². The van der Waals surface area contributed by atoms with E-state index >= 15 is 0 Å². The number of aliphatic hydroxyl groups excluding tert-OH is 1. The molecule has 0 saturated carbocycles. The Morgan fingerprint density at radius 3 is 2.90 bits per heavy atom. The van der Waals surface area contributed by atoms with Crippen molar-refractivity contribution in [1.82, 2.24) is 5.32 Å². The fourth-order valence-electron chi connectivity index (χ4n) is 2.06. The lowest BCUT2D eigenvalue weighted by molar-refractivity contribution is 0.157. The Kier molecular flexibility index (Phi) is 5.31. The highest BCUT2D eigenvalue weighted by molar-refractivity contribution is 7.10. The first kappa shape index (κ1) is 14.7. The van der Waals surface area contributed by atoms with Crippen molar-refractivity contribution < 1.29 is 5.11 Å². The number of benzene rings is 1. The summed E-state index contributed by atoms with van der Waals surface area (Å²) in [5.41, 5.74) is 1.76. The highest BCUT2D eigenvalue weighted by atomic mass is 32.1. The molecule has 2 aromatic rings. The molecule has 2 atom stereocenters. The Morgan fingerprint density at radius 2 is 2.20 bits per heavy atom. The Hall–Kier alpha value is -1.67. The van der Waals surface area contributed by atoms with E-state index in [1.807, 2.05) is 35.7 Å². The molecule has 1 aromatic heterocycles. The summed E-state index contributed by atoms with van der Waals surface area (Å²) in [6.45, 7) is 2.76. The van der Waals surface area contributed by atoms with E-state index in [9.17, 15) is 5.11 Å². The van der Waals surface area contributed by atoms with Gasteiger partial charge in [-0.15, -0.1) is 11.3 Å². The van der Waals surface area contributed by atoms with E-state index in [-0.39, 0.29) is 6.04 Å². The van der Waals surface area contributed by atoms with Crippen LogP contribution in [-0.4, -0.2) is 11.1 Å². The minimum Gasteiger partial charge on any atom is -0.388 e. The average molecular weight is 286 g/mol. The van der Waals surface area contributed by atoms with E-state index in [0.29, 0.717) is 18.5 Å². The molecule has 0 bridgehead atoms. The first-order valence-corrected chi connectivity index (χ1v) is 7.51. The van der Waals surface area contributed by atoms with Crippen molar-refractivity contribution in [2.24, 2.45) is 0 Å². The van der Waals surface area contributed by atoms with E-state index in [0.717, 1.165) is 10.4 Å². The van der Waals surface area contributed by atoms with Gasteiger partial charge < -0.3 is 10.4 Å². The molecule has 0 aliphatic rings. The molecule has 20 heavy (non-hydrogen) atoms. The number of rotatable bonds is 6. The van der Waals surface area contributed by atoms with Crippen LogP contribution >= 0.6 is 11.3 Å². The second-order valence-electron chi connectivity index (χ2n) is 4.86. The van der Waals surface area contributed by atoms with E-state index in [2.05, 4.69) is 18.3 Å². The van der Waals surface area contributed by atoms with Crippen LogP contribution < -0.4 is 5.32 Å². The number of nitriles is 1. The smallest absolute Gasteiger partial charge is 0.0991 e. The minimum absolute atomic E-state index is 0.206. The number of aliphatic hydroxyl groups is 1. The molecular weight excluding hydrogens is 268 g/mol. The lowest BCUT2D eigenvalue weighted by atomic mass is 10.1. The van der Waals surface area contributed by atoms with Crippen LogP contribution in [0.4, 0.5) is 0 Å². The normalized spacial score (nSPS) is 13.7. The molecule has 0 saturated heterocycles. The second kappa shape index (κ2) is 7.20. The molecule has 2 rings (SSSR count). The van der Waals surface area contributed by atoms with Gasteiger partial charge in [0.25, 0.3) is 0 Å². The van der Waals surface area contributed by atoms with Crippen molar-refractivity contribution in [3.8, 4) is 6.07 Å². The Labute approximate surface area is 123 Å². The SMILES string of the molecule is CC(CC(O)c1cccs1)NCc1cccc(C#N)c1. The van der Waals surface area contributed by atoms with Crippen LogP contribution in [0.5, 0.6) is 0 Å². The van der Waals surface area contributed by atoms with Crippen molar-refractivity contribution >= 4 is 11.3 Å². The molecular formula is C16H18N2OS. The van der Waals surface area contributed by atoms with E-state index in [4.69, 9.17) is 5.26 Å². The molecule has 2 unspecified atom stereocenters. The van der Waals surface area contributed by atoms with Gasteiger partial charge in [-0.1, -0.05) is 18.2 Å². The maximum absolute atomic E-state index is 10.1. The summed E-state index contributed by atoms with van der Waals surface area (Å²) in [6.07, 6.45) is 0.265. The number of hydrogen-bond donors (Lipinski definition) is 2. The average Bonchev–Trinajstić information content (AvgIpc) is 2.99. The van der Waals surface area contributed by atoms with E-state index in [1.54, 1.807) is 17.4 Å². The molecule has 1 aromatic carbocycles. The lowest BCUT2D eigenvalue weighted by Crippen LogP contribution is -2.27. The molecule has 0 amide bonds. The van der Waals surface area contributed by atoms with Gasteiger partial charge in [-0.05, 0) is 42.5 Å². The first-order valence-electron chi connectivity index (χ1n) is 6.63. The summed E-state index contributed by atoms with van der Waals surface area (Å²) in [5, 5.41) is 24.3. The van der Waals surface area contributed by atoms with Gasteiger partial charge in [0.1, 0.15) is 0 Å². The first-order chi connectivity index (χ1) is 9.69. The predicted octanol–water partition coefficient (Wildman–Crippen LogP) is 3.22. The maximum Gasteiger partial charge on any atom is 0.0991 e. The molecule has 0 aliphatic heterocycles. The summed E-state index contributed by atoms with van der Waals surface area (Å²) >= 11 is 1.58. The highest BCUT2D eigenvalue weighted by Crippen LogP contribution is 2.22. The summed E-state index contributed by atoms with van der Waals surface area (Å²) in [5.74, 6) is 0. The second-order valence-corrected chi connectivity index (χ2v) is 5.84. The summed E-state index contributed by atoms with van der Waals surface area (Å²) < 4.78 is 0. The van der Waals surface area contributed by atoms with Gasteiger partial charge in [-0.3, -0.25) is 0 Å². The van der Waals surface area contributed by atoms with Crippen LogP contribution in [0.15, 0.2) is 41.8 Å². The zero-order valence-corrected chi connectivity index (χ0v) is 12.2. The van der Waals surface area contributed by atoms with Crippen molar-refractivity contribution in [3.63, 3.8) is 0 Å². The van der Waals surface area contributed by atoms with Crippen LogP contribution in [-0.2, 0) is 6.54 Å². The quantitative estimate of drug-likeness (QED) is 0.857. The Bertz CT molecular complexity index is 574. The van der Waals surface area contributed by atoms with Gasteiger partial charge in [0, 0.05) is 17.5 Å².